The van der Waals surface area contributed by atoms with E-state index in [1.807, 2.05) is 24.3 Å². The van der Waals surface area contributed by atoms with Crippen LogP contribution in [0, 0.1) is 0 Å². The van der Waals surface area contributed by atoms with E-state index in [1.165, 1.54) is 11.8 Å². The van der Waals surface area contributed by atoms with Gasteiger partial charge in [-0.1, -0.05) is 30.0 Å². The molecule has 0 aliphatic rings. The topological polar surface area (TPSA) is 64.7 Å². The summed E-state index contributed by atoms with van der Waals surface area (Å²) in [5.74, 6) is 0. The van der Waals surface area contributed by atoms with Crippen molar-refractivity contribution < 1.29 is 0 Å². The Kier molecular flexibility index (Phi) is 2.82. The molecule has 0 aliphatic carbocycles. The molecule has 0 bridgehead atoms. The van der Waals surface area contributed by atoms with Crippen LogP contribution in [0.2, 0.25) is 0 Å². The van der Waals surface area contributed by atoms with Crippen molar-refractivity contribution in [2.75, 3.05) is 5.73 Å². The van der Waals surface area contributed by atoms with Crippen LogP contribution in [0.4, 0.5) is 5.69 Å². The summed E-state index contributed by atoms with van der Waals surface area (Å²) in [6.45, 7) is 0. The lowest BCUT2D eigenvalue weighted by Crippen LogP contribution is -1.93. The van der Waals surface area contributed by atoms with Gasteiger partial charge in [-0.25, -0.2) is 4.98 Å². The minimum absolute atomic E-state index is 0.657. The molecule has 3 aromatic rings. The van der Waals surface area contributed by atoms with Crippen molar-refractivity contribution in [1.82, 2.24) is 15.0 Å². The second kappa shape index (κ2) is 4.62. The van der Waals surface area contributed by atoms with Crippen LogP contribution in [-0.2, 0) is 0 Å². The third-order valence-electron chi connectivity index (χ3n) is 2.50. The number of anilines is 1. The van der Waals surface area contributed by atoms with Crippen molar-refractivity contribution in [2.24, 2.45) is 0 Å². The van der Waals surface area contributed by atoms with E-state index in [0.29, 0.717) is 5.69 Å². The van der Waals surface area contributed by atoms with Gasteiger partial charge in [0.1, 0.15) is 5.03 Å². The van der Waals surface area contributed by atoms with Crippen LogP contribution in [0.3, 0.4) is 0 Å². The van der Waals surface area contributed by atoms with Gasteiger partial charge in [-0.2, -0.15) is 0 Å². The van der Waals surface area contributed by atoms with Crippen molar-refractivity contribution in [3.8, 4) is 0 Å². The maximum atomic E-state index is 6.00. The summed E-state index contributed by atoms with van der Waals surface area (Å²) in [5, 5.41) is 1.86. The third kappa shape index (κ3) is 2.00. The first-order chi connectivity index (χ1) is 8.84. The summed E-state index contributed by atoms with van der Waals surface area (Å²) in [6, 6.07) is 7.92. The first-order valence-corrected chi connectivity index (χ1v) is 6.23. The Labute approximate surface area is 108 Å². The van der Waals surface area contributed by atoms with Crippen molar-refractivity contribution >= 4 is 28.4 Å². The van der Waals surface area contributed by atoms with Crippen LogP contribution in [0.1, 0.15) is 0 Å². The fraction of sp³-hybridized carbons (Fsp3) is 0. The maximum absolute atomic E-state index is 6.00. The smallest absolute Gasteiger partial charge is 0.119 e. The van der Waals surface area contributed by atoms with Gasteiger partial charge in [0.05, 0.1) is 23.6 Å². The molecule has 5 heteroatoms. The molecule has 0 aliphatic heterocycles. The van der Waals surface area contributed by atoms with E-state index in [1.54, 1.807) is 24.8 Å². The molecule has 0 saturated heterocycles. The molecule has 18 heavy (non-hydrogen) atoms. The average Bonchev–Trinajstić information content (AvgIpc) is 2.43. The maximum Gasteiger partial charge on any atom is 0.119 e. The molecule has 2 aromatic heterocycles. The zero-order valence-electron chi connectivity index (χ0n) is 9.45. The van der Waals surface area contributed by atoms with Crippen molar-refractivity contribution in [3.05, 3.63) is 49.1 Å². The normalized spacial score (nSPS) is 10.7. The number of rotatable bonds is 2. The number of hydrogen-bond donors (Lipinski definition) is 1. The van der Waals surface area contributed by atoms with E-state index in [2.05, 4.69) is 15.0 Å². The van der Waals surface area contributed by atoms with Gasteiger partial charge < -0.3 is 5.73 Å². The van der Waals surface area contributed by atoms with Crippen molar-refractivity contribution in [2.45, 2.75) is 9.92 Å². The molecule has 0 spiro atoms. The Bertz CT molecular complexity index is 685. The lowest BCUT2D eigenvalue weighted by atomic mass is 10.2. The fourth-order valence-electron chi connectivity index (χ4n) is 1.69. The monoisotopic (exact) mass is 254 g/mol. The second-order valence-corrected chi connectivity index (χ2v) is 4.74. The molecular weight excluding hydrogens is 244 g/mol. The van der Waals surface area contributed by atoms with Crippen LogP contribution in [0.15, 0.2) is 59.0 Å². The second-order valence-electron chi connectivity index (χ2n) is 3.71. The molecule has 2 heterocycles. The lowest BCUT2D eigenvalue weighted by molar-refractivity contribution is 1.06. The van der Waals surface area contributed by atoms with Gasteiger partial charge in [-0.3, -0.25) is 9.97 Å². The average molecular weight is 254 g/mol. The van der Waals surface area contributed by atoms with Gasteiger partial charge in [0.2, 0.25) is 0 Å². The highest BCUT2D eigenvalue weighted by Crippen LogP contribution is 2.35. The molecule has 2 N–H and O–H groups in total. The minimum atomic E-state index is 0.657. The minimum Gasteiger partial charge on any atom is -0.397 e. The molecule has 3 rings (SSSR count). The number of fused-ring (bicyclic) bond motifs is 1. The number of nitrogens with two attached hydrogens (primary N) is 1. The Balaban J connectivity index is 2.13. The highest BCUT2D eigenvalue weighted by molar-refractivity contribution is 7.99. The SMILES string of the molecule is Nc1cnc2ccccc2c1Sc1cnccn1. The van der Waals surface area contributed by atoms with Gasteiger partial charge in [0.25, 0.3) is 0 Å². The Hall–Kier alpha value is -2.14. The standard InChI is InChI=1S/C13H10N4S/c14-10-7-17-11-4-2-1-3-9(11)13(10)18-12-8-15-5-6-16-12/h1-8H,14H2. The zero-order chi connectivity index (χ0) is 12.4. The summed E-state index contributed by atoms with van der Waals surface area (Å²) >= 11 is 1.51. The number of benzene rings is 1. The van der Waals surface area contributed by atoms with Crippen LogP contribution in [0.5, 0.6) is 0 Å². The molecule has 0 atom stereocenters. The van der Waals surface area contributed by atoms with Crippen LogP contribution < -0.4 is 5.73 Å². The van der Waals surface area contributed by atoms with E-state index in [4.69, 9.17) is 5.73 Å². The van der Waals surface area contributed by atoms with Crippen molar-refractivity contribution in [1.29, 1.82) is 0 Å². The summed E-state index contributed by atoms with van der Waals surface area (Å²) < 4.78 is 0. The Morgan fingerprint density at radius 1 is 1.00 bits per heavy atom. The number of nitrogens with zero attached hydrogens (tertiary/aromatic N) is 3. The highest BCUT2D eigenvalue weighted by atomic mass is 32.2. The quantitative estimate of drug-likeness (QED) is 0.761. The van der Waals surface area contributed by atoms with Crippen LogP contribution in [-0.4, -0.2) is 15.0 Å². The number of nitrogen functional groups attached to an aromatic ring is 1. The molecular formula is C13H10N4S. The molecule has 1 aromatic carbocycles. The summed E-state index contributed by atoms with van der Waals surface area (Å²) in [6.07, 6.45) is 6.72. The van der Waals surface area contributed by atoms with Gasteiger partial charge >= 0.3 is 0 Å². The molecule has 4 nitrogen and oxygen atoms in total. The molecule has 0 fully saturated rings. The molecule has 88 valence electrons. The van der Waals surface area contributed by atoms with E-state index in [9.17, 15) is 0 Å². The number of para-hydroxylation sites is 1. The van der Waals surface area contributed by atoms with Gasteiger partial charge in [-0.15, -0.1) is 0 Å². The summed E-state index contributed by atoms with van der Waals surface area (Å²) in [5.41, 5.74) is 7.59. The van der Waals surface area contributed by atoms with Crippen molar-refractivity contribution in [3.63, 3.8) is 0 Å². The van der Waals surface area contributed by atoms with E-state index < -0.39 is 0 Å². The predicted octanol–water partition coefficient (Wildman–Crippen LogP) is 2.76. The van der Waals surface area contributed by atoms with Gasteiger partial charge in [0, 0.05) is 22.7 Å². The molecule has 0 amide bonds. The summed E-state index contributed by atoms with van der Waals surface area (Å²) in [4.78, 5) is 13.6. The van der Waals surface area contributed by atoms with Crippen LogP contribution in [0.25, 0.3) is 10.9 Å². The Morgan fingerprint density at radius 2 is 1.89 bits per heavy atom. The third-order valence-corrected chi connectivity index (χ3v) is 3.58. The van der Waals surface area contributed by atoms with Gasteiger partial charge in [0.15, 0.2) is 0 Å². The number of pyridine rings is 1. The zero-order valence-corrected chi connectivity index (χ0v) is 10.3. The molecule has 0 unspecified atom stereocenters. The highest BCUT2D eigenvalue weighted by Gasteiger charge is 2.08. The van der Waals surface area contributed by atoms with E-state index in [0.717, 1.165) is 20.8 Å². The molecule has 0 saturated carbocycles. The molecule has 0 radical (unpaired) electrons. The number of aromatic nitrogens is 3. The number of hydrogen-bond acceptors (Lipinski definition) is 5. The van der Waals surface area contributed by atoms with E-state index in [-0.39, 0.29) is 0 Å². The predicted molar refractivity (Wildman–Crippen MR) is 72.3 cm³/mol. The lowest BCUT2D eigenvalue weighted by Gasteiger charge is -2.07. The Morgan fingerprint density at radius 3 is 2.72 bits per heavy atom. The van der Waals surface area contributed by atoms with E-state index >= 15 is 0 Å². The van der Waals surface area contributed by atoms with Gasteiger partial charge in [-0.05, 0) is 6.07 Å². The first kappa shape index (κ1) is 11.0. The van der Waals surface area contributed by atoms with Crippen LogP contribution >= 0.6 is 11.8 Å². The summed E-state index contributed by atoms with van der Waals surface area (Å²) in [7, 11) is 0. The fourth-order valence-corrected chi connectivity index (χ4v) is 2.58. The largest absolute Gasteiger partial charge is 0.397 e. The first-order valence-electron chi connectivity index (χ1n) is 5.41.